The minimum absolute atomic E-state index is 0.0972. The largest absolute Gasteiger partial charge is 0.461 e. The highest BCUT2D eigenvalue weighted by Crippen LogP contribution is 2.41. The molecule has 0 spiro atoms. The number of nitrogens with one attached hydrogen (secondary N) is 1. The van der Waals surface area contributed by atoms with Gasteiger partial charge in [0.25, 0.3) is 0 Å². The average Bonchev–Trinajstić information content (AvgIpc) is 2.74. The van der Waals surface area contributed by atoms with Crippen molar-refractivity contribution >= 4 is 13.0 Å². The number of amides is 1. The number of rotatable bonds is 7. The highest BCUT2D eigenvalue weighted by atomic mass is 16.7. The molecule has 0 aromatic carbocycles. The summed E-state index contributed by atoms with van der Waals surface area (Å²) in [7, 11) is -0.299. The lowest BCUT2D eigenvalue weighted by molar-refractivity contribution is -0.121. The van der Waals surface area contributed by atoms with Gasteiger partial charge in [0.05, 0.1) is 11.2 Å². The standard InChI is InChI=1S/C19H34BNO3/c1-6-16(20-23-18(2,3)19(4,5)24-20)14-17(22)21-13-12-15-10-8-7-9-11-15/h10,16H,6-9,11-14H2,1-5H3,(H,21,22). The number of carbonyl (C=O) groups is 1. The van der Waals surface area contributed by atoms with E-state index in [4.69, 9.17) is 9.31 Å². The molecule has 0 saturated carbocycles. The van der Waals surface area contributed by atoms with E-state index >= 15 is 0 Å². The summed E-state index contributed by atoms with van der Waals surface area (Å²) in [6.07, 6.45) is 9.65. The molecule has 2 rings (SSSR count). The van der Waals surface area contributed by atoms with E-state index in [0.717, 1.165) is 19.4 Å². The summed E-state index contributed by atoms with van der Waals surface area (Å²) >= 11 is 0. The first-order chi connectivity index (χ1) is 11.2. The maximum Gasteiger partial charge on any atom is 0.461 e. The van der Waals surface area contributed by atoms with E-state index in [-0.39, 0.29) is 30.0 Å². The number of allylic oxidation sites excluding steroid dienone is 1. The van der Waals surface area contributed by atoms with Crippen LogP contribution in [0.1, 0.15) is 79.6 Å². The van der Waals surface area contributed by atoms with Gasteiger partial charge in [-0.15, -0.1) is 0 Å². The molecule has 1 aliphatic heterocycles. The summed E-state index contributed by atoms with van der Waals surface area (Å²) < 4.78 is 12.2. The van der Waals surface area contributed by atoms with Crippen LogP contribution in [0.4, 0.5) is 0 Å². The first-order valence-electron chi connectivity index (χ1n) is 9.55. The van der Waals surface area contributed by atoms with E-state index < -0.39 is 0 Å². The lowest BCUT2D eigenvalue weighted by Gasteiger charge is -2.32. The second kappa shape index (κ2) is 8.05. The SMILES string of the molecule is CCC(CC(=O)NCCC1=CCCCC1)B1OC(C)(C)C(C)(C)O1. The molecule has 24 heavy (non-hydrogen) atoms. The van der Waals surface area contributed by atoms with Crippen molar-refractivity contribution in [1.82, 2.24) is 5.32 Å². The van der Waals surface area contributed by atoms with Crippen molar-refractivity contribution < 1.29 is 14.1 Å². The molecule has 1 atom stereocenters. The van der Waals surface area contributed by atoms with Crippen molar-refractivity contribution in [1.29, 1.82) is 0 Å². The maximum absolute atomic E-state index is 12.3. The first kappa shape index (κ1) is 19.5. The molecule has 1 aliphatic carbocycles. The molecule has 1 N–H and O–H groups in total. The van der Waals surface area contributed by atoms with Crippen molar-refractivity contribution in [3.63, 3.8) is 0 Å². The second-order valence-corrected chi connectivity index (χ2v) is 8.21. The molecule has 5 heteroatoms. The Hall–Kier alpha value is -0.805. The lowest BCUT2D eigenvalue weighted by atomic mass is 9.68. The Bertz CT molecular complexity index is 457. The van der Waals surface area contributed by atoms with Gasteiger partial charge in [0.1, 0.15) is 0 Å². The zero-order valence-corrected chi connectivity index (χ0v) is 16.1. The maximum atomic E-state index is 12.3. The minimum atomic E-state index is -0.338. The van der Waals surface area contributed by atoms with Crippen molar-refractivity contribution in [2.45, 2.75) is 96.6 Å². The summed E-state index contributed by atoms with van der Waals surface area (Å²) in [5.41, 5.74) is 0.823. The molecule has 136 valence electrons. The molecule has 2 aliphatic rings. The zero-order chi connectivity index (χ0) is 17.8. The Morgan fingerprint density at radius 2 is 1.92 bits per heavy atom. The van der Waals surface area contributed by atoms with Crippen LogP contribution in [-0.2, 0) is 14.1 Å². The van der Waals surface area contributed by atoms with E-state index in [2.05, 4.69) is 46.0 Å². The van der Waals surface area contributed by atoms with Crippen LogP contribution in [0.2, 0.25) is 5.82 Å². The predicted octanol–water partition coefficient (Wildman–Crippen LogP) is 4.26. The second-order valence-electron chi connectivity index (χ2n) is 8.21. The van der Waals surface area contributed by atoms with Crippen molar-refractivity contribution in [3.05, 3.63) is 11.6 Å². The molecule has 0 aromatic heterocycles. The van der Waals surface area contributed by atoms with Crippen LogP contribution < -0.4 is 5.32 Å². The van der Waals surface area contributed by atoms with Crippen LogP contribution in [0, 0.1) is 0 Å². The van der Waals surface area contributed by atoms with Gasteiger partial charge in [-0.1, -0.05) is 25.0 Å². The van der Waals surface area contributed by atoms with Gasteiger partial charge in [-0.2, -0.15) is 0 Å². The van der Waals surface area contributed by atoms with Crippen LogP contribution in [-0.4, -0.2) is 30.8 Å². The molecular weight excluding hydrogens is 301 g/mol. The number of carbonyl (C=O) groups excluding carboxylic acids is 1. The summed E-state index contributed by atoms with van der Waals surface area (Å²) in [5, 5.41) is 3.07. The molecule has 1 heterocycles. The van der Waals surface area contributed by atoms with Gasteiger partial charge in [0.2, 0.25) is 5.91 Å². The topological polar surface area (TPSA) is 47.6 Å². The molecular formula is C19H34BNO3. The molecule has 0 aromatic rings. The van der Waals surface area contributed by atoms with Crippen molar-refractivity contribution in [2.75, 3.05) is 6.54 Å². The predicted molar refractivity (Wildman–Crippen MR) is 98.9 cm³/mol. The summed E-state index contributed by atoms with van der Waals surface area (Å²) in [5.74, 6) is 0.202. The van der Waals surface area contributed by atoms with Crippen LogP contribution in [0.3, 0.4) is 0 Å². The van der Waals surface area contributed by atoms with Gasteiger partial charge in [0, 0.05) is 18.8 Å². The Morgan fingerprint density at radius 3 is 2.46 bits per heavy atom. The molecule has 1 saturated heterocycles. The molecule has 1 fully saturated rings. The summed E-state index contributed by atoms with van der Waals surface area (Å²) in [6.45, 7) is 11.0. The quantitative estimate of drug-likeness (QED) is 0.559. The highest BCUT2D eigenvalue weighted by Gasteiger charge is 2.53. The van der Waals surface area contributed by atoms with Crippen molar-refractivity contribution in [2.24, 2.45) is 0 Å². The molecule has 1 amide bonds. The molecule has 0 radical (unpaired) electrons. The van der Waals surface area contributed by atoms with E-state index in [1.807, 2.05) is 0 Å². The highest BCUT2D eigenvalue weighted by molar-refractivity contribution is 6.47. The number of hydrogen-bond acceptors (Lipinski definition) is 3. The van der Waals surface area contributed by atoms with Crippen molar-refractivity contribution in [3.8, 4) is 0 Å². The van der Waals surface area contributed by atoms with E-state index in [1.165, 1.54) is 31.3 Å². The fraction of sp³-hybridized carbons (Fsp3) is 0.842. The zero-order valence-electron chi connectivity index (χ0n) is 16.1. The van der Waals surface area contributed by atoms with Gasteiger partial charge in [-0.05, 0) is 59.8 Å². The normalized spacial score (nSPS) is 23.7. The van der Waals surface area contributed by atoms with Crippen LogP contribution in [0.15, 0.2) is 11.6 Å². The fourth-order valence-corrected chi connectivity index (χ4v) is 3.32. The molecule has 1 unspecified atom stereocenters. The van der Waals surface area contributed by atoms with Crippen LogP contribution >= 0.6 is 0 Å². The Balaban J connectivity index is 1.78. The smallest absolute Gasteiger partial charge is 0.403 e. The van der Waals surface area contributed by atoms with E-state index in [1.54, 1.807) is 0 Å². The van der Waals surface area contributed by atoms with E-state index in [0.29, 0.717) is 6.42 Å². The van der Waals surface area contributed by atoms with E-state index in [9.17, 15) is 4.79 Å². The molecule has 0 bridgehead atoms. The first-order valence-corrected chi connectivity index (χ1v) is 9.55. The number of hydrogen-bond donors (Lipinski definition) is 1. The Kier molecular flexibility index (Phi) is 6.55. The lowest BCUT2D eigenvalue weighted by Crippen LogP contribution is -2.41. The third-order valence-corrected chi connectivity index (χ3v) is 5.78. The third-order valence-electron chi connectivity index (χ3n) is 5.78. The monoisotopic (exact) mass is 335 g/mol. The van der Waals surface area contributed by atoms with Gasteiger partial charge in [-0.25, -0.2) is 0 Å². The summed E-state index contributed by atoms with van der Waals surface area (Å²) in [6, 6.07) is 0. The Labute approximate surface area is 147 Å². The Morgan fingerprint density at radius 1 is 1.25 bits per heavy atom. The van der Waals surface area contributed by atoms with Gasteiger partial charge in [-0.3, -0.25) is 4.79 Å². The average molecular weight is 335 g/mol. The van der Waals surface area contributed by atoms with Crippen LogP contribution in [0.5, 0.6) is 0 Å². The third kappa shape index (κ3) is 4.86. The van der Waals surface area contributed by atoms with Gasteiger partial charge < -0.3 is 14.6 Å². The van der Waals surface area contributed by atoms with Gasteiger partial charge in [0.15, 0.2) is 0 Å². The van der Waals surface area contributed by atoms with Gasteiger partial charge >= 0.3 is 7.12 Å². The minimum Gasteiger partial charge on any atom is -0.403 e. The molecule has 4 nitrogen and oxygen atoms in total. The fourth-order valence-electron chi connectivity index (χ4n) is 3.32. The van der Waals surface area contributed by atoms with Crippen LogP contribution in [0.25, 0.3) is 0 Å². The summed E-state index contributed by atoms with van der Waals surface area (Å²) in [4.78, 5) is 12.3.